The Morgan fingerprint density at radius 2 is 2.03 bits per heavy atom. The highest BCUT2D eigenvalue weighted by Gasteiger charge is 2.68. The third kappa shape index (κ3) is 2.82. The quantitative estimate of drug-likeness (QED) is 0.503. The van der Waals surface area contributed by atoms with Gasteiger partial charge in [-0.1, -0.05) is 41.4 Å². The molecule has 10 heteroatoms. The van der Waals surface area contributed by atoms with Gasteiger partial charge in [0.15, 0.2) is 0 Å². The zero-order chi connectivity index (χ0) is 21.1. The average Bonchev–Trinajstić information content (AvgIpc) is 3.14. The second-order valence-electron chi connectivity index (χ2n) is 7.26. The number of hydrogen-bond acceptors (Lipinski definition) is 5. The summed E-state index contributed by atoms with van der Waals surface area (Å²) < 4.78 is 15.0. The van der Waals surface area contributed by atoms with E-state index in [0.29, 0.717) is 16.3 Å². The van der Waals surface area contributed by atoms with Crippen molar-refractivity contribution in [2.45, 2.75) is 36.6 Å². The fourth-order valence-electron chi connectivity index (χ4n) is 4.50. The Labute approximate surface area is 175 Å². The van der Waals surface area contributed by atoms with Gasteiger partial charge in [0, 0.05) is 26.8 Å². The van der Waals surface area contributed by atoms with Crippen molar-refractivity contribution in [3.63, 3.8) is 0 Å². The van der Waals surface area contributed by atoms with Crippen LogP contribution < -0.4 is 10.6 Å². The number of nitrogens with zero attached hydrogens (tertiary/aromatic N) is 1. The number of carbonyl (C=O) groups is 1. The van der Waals surface area contributed by atoms with E-state index in [0.717, 1.165) is 0 Å². The molecule has 4 rings (SSSR count). The zero-order valence-electron chi connectivity index (χ0n) is 15.0. The van der Waals surface area contributed by atoms with Crippen LogP contribution in [0.3, 0.4) is 0 Å². The standard InChI is InChI=1S/C19H16Cl2FN3O4/c1-8(26)16-17(25(28)29)14(10-3-2-4-12(21)15(10)22)19(24-16)11-6-5-9(20)7-13(11)23-18(19)27/h2-8,14,16-17,24,26H,1H3,(H,23,27)/t8-,14-,16-,17-,19+/m1/s1. The van der Waals surface area contributed by atoms with Crippen LogP contribution in [0.15, 0.2) is 36.4 Å². The van der Waals surface area contributed by atoms with Crippen molar-refractivity contribution in [3.05, 3.63) is 73.5 Å². The molecule has 2 aliphatic rings. The Bertz CT molecular complexity index is 1030. The minimum atomic E-state index is -1.68. The monoisotopic (exact) mass is 439 g/mol. The van der Waals surface area contributed by atoms with Crippen LogP contribution in [-0.2, 0) is 10.3 Å². The summed E-state index contributed by atoms with van der Waals surface area (Å²) >= 11 is 12.0. The lowest BCUT2D eigenvalue weighted by Crippen LogP contribution is -2.51. The Balaban J connectivity index is 2.03. The van der Waals surface area contributed by atoms with E-state index in [1.807, 2.05) is 0 Å². The van der Waals surface area contributed by atoms with E-state index in [1.54, 1.807) is 12.1 Å². The lowest BCUT2D eigenvalue weighted by atomic mass is 9.74. The molecule has 1 amide bonds. The summed E-state index contributed by atoms with van der Waals surface area (Å²) in [5.41, 5.74) is -0.986. The molecule has 1 spiro atoms. The molecule has 7 nitrogen and oxygen atoms in total. The van der Waals surface area contributed by atoms with E-state index >= 15 is 4.39 Å². The third-order valence-corrected chi connectivity index (χ3v) is 6.19. The average molecular weight is 440 g/mol. The lowest BCUT2D eigenvalue weighted by Gasteiger charge is -2.30. The molecule has 0 aromatic heterocycles. The number of rotatable bonds is 3. The predicted octanol–water partition coefficient (Wildman–Crippen LogP) is 3.06. The second kappa shape index (κ2) is 6.91. The van der Waals surface area contributed by atoms with E-state index < -0.39 is 46.3 Å². The van der Waals surface area contributed by atoms with Crippen LogP contribution in [0.1, 0.15) is 24.0 Å². The molecule has 2 heterocycles. The van der Waals surface area contributed by atoms with Crippen LogP contribution in [0.5, 0.6) is 0 Å². The molecule has 0 aliphatic carbocycles. The summed E-state index contributed by atoms with van der Waals surface area (Å²) in [5.74, 6) is -2.69. The number of anilines is 1. The lowest BCUT2D eigenvalue weighted by molar-refractivity contribution is -0.528. The van der Waals surface area contributed by atoms with Crippen molar-refractivity contribution in [3.8, 4) is 0 Å². The van der Waals surface area contributed by atoms with E-state index in [4.69, 9.17) is 23.2 Å². The first-order valence-corrected chi connectivity index (χ1v) is 9.58. The maximum Gasteiger partial charge on any atom is 0.250 e. The minimum absolute atomic E-state index is 0.0761. The van der Waals surface area contributed by atoms with Crippen molar-refractivity contribution in [1.82, 2.24) is 5.32 Å². The van der Waals surface area contributed by atoms with Gasteiger partial charge < -0.3 is 10.4 Å². The van der Waals surface area contributed by atoms with Crippen molar-refractivity contribution in [1.29, 1.82) is 0 Å². The molecular weight excluding hydrogens is 424 g/mol. The highest BCUT2D eigenvalue weighted by atomic mass is 35.5. The molecule has 5 atom stereocenters. The molecule has 152 valence electrons. The topological polar surface area (TPSA) is 104 Å². The van der Waals surface area contributed by atoms with Crippen LogP contribution >= 0.6 is 23.2 Å². The number of aliphatic hydroxyl groups is 1. The summed E-state index contributed by atoms with van der Waals surface area (Å²) in [6, 6.07) is 6.20. The van der Waals surface area contributed by atoms with Crippen LogP contribution in [0.25, 0.3) is 0 Å². The van der Waals surface area contributed by atoms with Gasteiger partial charge in [0.1, 0.15) is 17.4 Å². The smallest absolute Gasteiger partial charge is 0.250 e. The number of nitro groups is 1. The third-order valence-electron chi connectivity index (χ3n) is 5.66. The molecule has 0 unspecified atom stereocenters. The number of carbonyl (C=O) groups excluding carboxylic acids is 1. The van der Waals surface area contributed by atoms with Crippen molar-refractivity contribution < 1.29 is 19.2 Å². The first kappa shape index (κ1) is 20.0. The van der Waals surface area contributed by atoms with E-state index in [-0.39, 0.29) is 10.6 Å². The normalized spacial score (nSPS) is 29.0. The van der Waals surface area contributed by atoms with Gasteiger partial charge >= 0.3 is 0 Å². The molecule has 2 aliphatic heterocycles. The van der Waals surface area contributed by atoms with E-state index in [2.05, 4.69) is 10.6 Å². The second-order valence-corrected chi connectivity index (χ2v) is 8.10. The van der Waals surface area contributed by atoms with Crippen molar-refractivity contribution >= 4 is 34.8 Å². The maximum absolute atomic E-state index is 15.0. The molecule has 1 fully saturated rings. The molecule has 0 bridgehead atoms. The fraction of sp³-hybridized carbons (Fsp3) is 0.316. The molecule has 1 saturated heterocycles. The Kier molecular flexibility index (Phi) is 4.77. The maximum atomic E-state index is 15.0. The Morgan fingerprint density at radius 1 is 1.31 bits per heavy atom. The molecule has 0 saturated carbocycles. The minimum Gasteiger partial charge on any atom is -0.392 e. The van der Waals surface area contributed by atoms with Crippen LogP contribution in [0, 0.1) is 15.9 Å². The van der Waals surface area contributed by atoms with Crippen LogP contribution in [-0.4, -0.2) is 34.1 Å². The van der Waals surface area contributed by atoms with Gasteiger partial charge in [0.2, 0.25) is 11.9 Å². The van der Waals surface area contributed by atoms with Crippen molar-refractivity contribution in [2.75, 3.05) is 5.32 Å². The SMILES string of the molecule is C[C@@H](O)[C@H]1N[C@]2(C(=O)Nc3cc(Cl)ccc32)[C@H](c2cccc(Cl)c2F)[C@H]1[N+](=O)[O-]. The van der Waals surface area contributed by atoms with Crippen LogP contribution in [0.2, 0.25) is 10.0 Å². The summed E-state index contributed by atoms with van der Waals surface area (Å²) in [5, 5.41) is 28.1. The van der Waals surface area contributed by atoms with Gasteiger partial charge in [-0.3, -0.25) is 20.2 Å². The molecule has 2 aromatic rings. The number of benzene rings is 2. The fourth-order valence-corrected chi connectivity index (χ4v) is 4.85. The van der Waals surface area contributed by atoms with Gasteiger partial charge in [-0.05, 0) is 25.1 Å². The summed E-state index contributed by atoms with van der Waals surface area (Å²) in [6.07, 6.45) is -1.18. The predicted molar refractivity (Wildman–Crippen MR) is 105 cm³/mol. The van der Waals surface area contributed by atoms with Gasteiger partial charge in [0.25, 0.3) is 0 Å². The number of halogens is 3. The first-order chi connectivity index (χ1) is 13.7. The van der Waals surface area contributed by atoms with Gasteiger partial charge in [-0.25, -0.2) is 4.39 Å². The number of aliphatic hydroxyl groups excluding tert-OH is 1. The Hall–Kier alpha value is -2.26. The van der Waals surface area contributed by atoms with E-state index in [9.17, 15) is 20.0 Å². The summed E-state index contributed by atoms with van der Waals surface area (Å²) in [6.45, 7) is 1.38. The number of fused-ring (bicyclic) bond motifs is 2. The molecule has 29 heavy (non-hydrogen) atoms. The summed E-state index contributed by atoms with van der Waals surface area (Å²) in [4.78, 5) is 24.7. The largest absolute Gasteiger partial charge is 0.392 e. The molecular formula is C19H16Cl2FN3O4. The van der Waals surface area contributed by atoms with Crippen molar-refractivity contribution in [2.24, 2.45) is 0 Å². The van der Waals surface area contributed by atoms with Crippen LogP contribution in [0.4, 0.5) is 10.1 Å². The summed E-state index contributed by atoms with van der Waals surface area (Å²) in [7, 11) is 0. The zero-order valence-corrected chi connectivity index (χ0v) is 16.5. The number of hydrogen-bond donors (Lipinski definition) is 3. The number of amides is 1. The highest BCUT2D eigenvalue weighted by molar-refractivity contribution is 6.31. The van der Waals surface area contributed by atoms with E-state index in [1.165, 1.54) is 31.2 Å². The Morgan fingerprint density at radius 3 is 2.69 bits per heavy atom. The number of nitrogens with one attached hydrogen (secondary N) is 2. The van der Waals surface area contributed by atoms with Gasteiger partial charge in [-0.2, -0.15) is 0 Å². The van der Waals surface area contributed by atoms with Gasteiger partial charge in [-0.15, -0.1) is 0 Å². The highest BCUT2D eigenvalue weighted by Crippen LogP contribution is 2.53. The molecule has 3 N–H and O–H groups in total. The molecule has 2 aromatic carbocycles. The first-order valence-electron chi connectivity index (χ1n) is 8.83. The molecule has 0 radical (unpaired) electrons. The van der Waals surface area contributed by atoms with Gasteiger partial charge in [0.05, 0.1) is 17.0 Å².